The maximum atomic E-state index is 12.7. The van der Waals surface area contributed by atoms with Gasteiger partial charge in [-0.25, -0.2) is 0 Å². The van der Waals surface area contributed by atoms with Crippen LogP contribution in [0.15, 0.2) is 60.8 Å². The van der Waals surface area contributed by atoms with Crippen molar-refractivity contribution < 1.29 is 28.6 Å². The van der Waals surface area contributed by atoms with Crippen molar-refractivity contribution in [1.82, 2.24) is 0 Å². The van der Waals surface area contributed by atoms with Crippen molar-refractivity contribution in [2.45, 2.75) is 271 Å². The monoisotopic (exact) mass is 881 g/mol. The summed E-state index contributed by atoms with van der Waals surface area (Å²) < 4.78 is 16.7. The van der Waals surface area contributed by atoms with Gasteiger partial charge in [-0.15, -0.1) is 0 Å². The van der Waals surface area contributed by atoms with E-state index < -0.39 is 6.10 Å². The van der Waals surface area contributed by atoms with Crippen LogP contribution < -0.4 is 0 Å². The molecule has 0 fully saturated rings. The van der Waals surface area contributed by atoms with Gasteiger partial charge in [0.1, 0.15) is 13.2 Å². The summed E-state index contributed by atoms with van der Waals surface area (Å²) >= 11 is 0. The van der Waals surface area contributed by atoms with Crippen LogP contribution in [-0.2, 0) is 28.6 Å². The summed E-state index contributed by atoms with van der Waals surface area (Å²) in [5, 5.41) is 0. The Hall–Kier alpha value is -2.89. The first kappa shape index (κ1) is 60.1. The van der Waals surface area contributed by atoms with E-state index in [-0.39, 0.29) is 31.1 Å². The van der Waals surface area contributed by atoms with Crippen LogP contribution in [0.2, 0.25) is 0 Å². The fraction of sp³-hybridized carbons (Fsp3) is 0.772. The number of unbranched alkanes of at least 4 members (excludes halogenated alkanes) is 27. The molecule has 0 spiro atoms. The van der Waals surface area contributed by atoms with E-state index in [9.17, 15) is 14.4 Å². The number of esters is 3. The highest BCUT2D eigenvalue weighted by molar-refractivity contribution is 5.71. The van der Waals surface area contributed by atoms with Crippen LogP contribution in [0.3, 0.4) is 0 Å². The molecule has 63 heavy (non-hydrogen) atoms. The predicted molar refractivity (Wildman–Crippen MR) is 270 cm³/mol. The summed E-state index contributed by atoms with van der Waals surface area (Å²) in [6.07, 6.45) is 63.7. The molecule has 0 saturated heterocycles. The molecule has 0 radical (unpaired) electrons. The molecule has 0 heterocycles. The molecule has 0 aliphatic heterocycles. The Balaban J connectivity index is 4.10. The molecule has 0 N–H and O–H groups in total. The molecule has 0 aliphatic rings. The smallest absolute Gasteiger partial charge is 0.306 e. The molecule has 0 bridgehead atoms. The Morgan fingerprint density at radius 1 is 0.333 bits per heavy atom. The minimum atomic E-state index is -0.768. The third-order valence-electron chi connectivity index (χ3n) is 11.5. The zero-order valence-electron chi connectivity index (χ0n) is 41.6. The lowest BCUT2D eigenvalue weighted by Crippen LogP contribution is -2.30. The number of carbonyl (C=O) groups is 3. The van der Waals surface area contributed by atoms with E-state index >= 15 is 0 Å². The standard InChI is InChI=1S/C57H100O6/c1-4-7-10-13-16-19-21-22-23-24-25-26-27-28-29-30-31-32-33-34-35-36-37-39-41-44-47-50-56(59)62-53-54(52-61-55(58)49-46-43-40-18-15-12-9-6-3)63-57(60)51-48-45-42-38-20-17-14-11-8-5-2/h7,10,16,19,22-23,25-26,28-29,54H,4-6,8-9,11-15,17-18,20-21,24,27,30-53H2,1-3H3/b10-7-,19-16-,23-22-,26-25-,29-28-. The van der Waals surface area contributed by atoms with Gasteiger partial charge < -0.3 is 14.2 Å². The van der Waals surface area contributed by atoms with Gasteiger partial charge in [0.2, 0.25) is 0 Å². The molecular weight excluding hydrogens is 781 g/mol. The summed E-state index contributed by atoms with van der Waals surface area (Å²) in [4.78, 5) is 37.8. The van der Waals surface area contributed by atoms with Gasteiger partial charge in [0, 0.05) is 19.3 Å². The Kier molecular flexibility index (Phi) is 49.4. The zero-order valence-corrected chi connectivity index (χ0v) is 41.6. The van der Waals surface area contributed by atoms with Crippen molar-refractivity contribution in [1.29, 1.82) is 0 Å². The van der Waals surface area contributed by atoms with Gasteiger partial charge in [-0.1, -0.05) is 242 Å². The molecule has 0 aromatic carbocycles. The van der Waals surface area contributed by atoms with Crippen LogP contribution in [0.1, 0.15) is 265 Å². The molecular formula is C57H100O6. The second kappa shape index (κ2) is 51.7. The first-order chi connectivity index (χ1) is 31.0. The number of hydrogen-bond donors (Lipinski definition) is 0. The molecule has 0 aromatic heterocycles. The topological polar surface area (TPSA) is 78.9 Å². The second-order valence-corrected chi connectivity index (χ2v) is 17.8. The van der Waals surface area contributed by atoms with Gasteiger partial charge in [-0.3, -0.25) is 14.4 Å². The third kappa shape index (κ3) is 50.0. The van der Waals surface area contributed by atoms with Gasteiger partial charge in [-0.05, 0) is 64.2 Å². The lowest BCUT2D eigenvalue weighted by molar-refractivity contribution is -0.167. The molecule has 0 rings (SSSR count). The van der Waals surface area contributed by atoms with E-state index in [0.29, 0.717) is 19.3 Å². The Morgan fingerprint density at radius 2 is 0.619 bits per heavy atom. The molecule has 6 heteroatoms. The lowest BCUT2D eigenvalue weighted by atomic mass is 10.0. The number of hydrogen-bond acceptors (Lipinski definition) is 6. The summed E-state index contributed by atoms with van der Waals surface area (Å²) in [5.41, 5.74) is 0. The molecule has 1 unspecified atom stereocenters. The highest BCUT2D eigenvalue weighted by Crippen LogP contribution is 2.15. The summed E-state index contributed by atoms with van der Waals surface area (Å²) in [6, 6.07) is 0. The maximum Gasteiger partial charge on any atom is 0.306 e. The van der Waals surface area contributed by atoms with Crippen LogP contribution in [0, 0.1) is 0 Å². The van der Waals surface area contributed by atoms with Crippen LogP contribution in [0.5, 0.6) is 0 Å². The van der Waals surface area contributed by atoms with Crippen molar-refractivity contribution in [3.63, 3.8) is 0 Å². The molecule has 0 saturated carbocycles. The zero-order chi connectivity index (χ0) is 45.8. The average molecular weight is 881 g/mol. The average Bonchev–Trinajstić information content (AvgIpc) is 3.28. The van der Waals surface area contributed by atoms with Crippen molar-refractivity contribution in [3.05, 3.63) is 60.8 Å². The minimum absolute atomic E-state index is 0.0714. The van der Waals surface area contributed by atoms with Gasteiger partial charge in [-0.2, -0.15) is 0 Å². The summed E-state index contributed by atoms with van der Waals surface area (Å²) in [5.74, 6) is -0.875. The van der Waals surface area contributed by atoms with Gasteiger partial charge in [0.05, 0.1) is 0 Å². The van der Waals surface area contributed by atoms with E-state index in [1.807, 2.05) is 0 Å². The SMILES string of the molecule is CC/C=C\C/C=C\C/C=C\C/C=C\C/C=C\CCCCCCCCCCCCCC(=O)OCC(COC(=O)CCCCCCCCCC)OC(=O)CCCCCCCCCCCC. The molecule has 364 valence electrons. The quantitative estimate of drug-likeness (QED) is 0.0262. The highest BCUT2D eigenvalue weighted by atomic mass is 16.6. The van der Waals surface area contributed by atoms with Crippen LogP contribution in [0.25, 0.3) is 0 Å². The van der Waals surface area contributed by atoms with E-state index in [2.05, 4.69) is 81.5 Å². The fourth-order valence-corrected chi connectivity index (χ4v) is 7.53. The van der Waals surface area contributed by atoms with Crippen LogP contribution in [-0.4, -0.2) is 37.2 Å². The number of allylic oxidation sites excluding steroid dienone is 10. The van der Waals surface area contributed by atoms with Crippen molar-refractivity contribution in [3.8, 4) is 0 Å². The Labute approximate surface area is 390 Å². The summed E-state index contributed by atoms with van der Waals surface area (Å²) in [7, 11) is 0. The Bertz CT molecular complexity index is 1150. The number of rotatable bonds is 48. The van der Waals surface area contributed by atoms with E-state index in [4.69, 9.17) is 14.2 Å². The van der Waals surface area contributed by atoms with E-state index in [1.165, 1.54) is 135 Å². The van der Waals surface area contributed by atoms with Crippen LogP contribution in [0.4, 0.5) is 0 Å². The van der Waals surface area contributed by atoms with E-state index in [1.54, 1.807) is 0 Å². The molecule has 6 nitrogen and oxygen atoms in total. The fourth-order valence-electron chi connectivity index (χ4n) is 7.53. The Morgan fingerprint density at radius 3 is 0.968 bits per heavy atom. The number of ether oxygens (including phenoxy) is 3. The lowest BCUT2D eigenvalue weighted by Gasteiger charge is -2.18. The van der Waals surface area contributed by atoms with Crippen molar-refractivity contribution in [2.75, 3.05) is 13.2 Å². The molecule has 0 aromatic rings. The molecule has 1 atom stereocenters. The molecule has 0 amide bonds. The van der Waals surface area contributed by atoms with Gasteiger partial charge >= 0.3 is 17.9 Å². The maximum absolute atomic E-state index is 12.7. The first-order valence-corrected chi connectivity index (χ1v) is 26.8. The predicted octanol–water partition coefficient (Wildman–Crippen LogP) is 17.6. The van der Waals surface area contributed by atoms with E-state index in [0.717, 1.165) is 89.9 Å². The minimum Gasteiger partial charge on any atom is -0.462 e. The number of carbonyl (C=O) groups excluding carboxylic acids is 3. The highest BCUT2D eigenvalue weighted by Gasteiger charge is 2.19. The first-order valence-electron chi connectivity index (χ1n) is 26.8. The normalized spacial score (nSPS) is 12.5. The third-order valence-corrected chi connectivity index (χ3v) is 11.5. The van der Waals surface area contributed by atoms with Gasteiger partial charge in [0.25, 0.3) is 0 Å². The van der Waals surface area contributed by atoms with Crippen LogP contribution >= 0.6 is 0 Å². The summed E-state index contributed by atoms with van der Waals surface area (Å²) in [6.45, 7) is 6.49. The van der Waals surface area contributed by atoms with Gasteiger partial charge in [0.15, 0.2) is 6.10 Å². The van der Waals surface area contributed by atoms with Crippen molar-refractivity contribution >= 4 is 17.9 Å². The molecule has 0 aliphatic carbocycles. The van der Waals surface area contributed by atoms with Crippen molar-refractivity contribution in [2.24, 2.45) is 0 Å². The largest absolute Gasteiger partial charge is 0.462 e. The second-order valence-electron chi connectivity index (χ2n) is 17.8.